The molecule has 0 radical (unpaired) electrons. The van der Waals surface area contributed by atoms with E-state index in [4.69, 9.17) is 4.74 Å². The molecule has 6 nitrogen and oxygen atoms in total. The summed E-state index contributed by atoms with van der Waals surface area (Å²) in [6.07, 6.45) is 0. The number of ether oxygens (including phenoxy) is 1. The Hall–Kier alpha value is -3.19. The van der Waals surface area contributed by atoms with Gasteiger partial charge in [-0.3, -0.25) is 14.4 Å². The second-order valence-corrected chi connectivity index (χ2v) is 9.25. The highest BCUT2D eigenvalue weighted by molar-refractivity contribution is 7.12. The summed E-state index contributed by atoms with van der Waals surface area (Å²) in [4.78, 5) is 39.7. The largest absolute Gasteiger partial charge is 0.508 e. The Labute approximate surface area is 185 Å². The summed E-state index contributed by atoms with van der Waals surface area (Å²) in [5.74, 6) is -0.786. The van der Waals surface area contributed by atoms with Gasteiger partial charge in [-0.2, -0.15) is 0 Å². The first-order valence-corrected chi connectivity index (χ1v) is 10.7. The Morgan fingerprint density at radius 1 is 1.10 bits per heavy atom. The molecule has 2 aromatic carbocycles. The molecule has 1 heterocycles. The van der Waals surface area contributed by atoms with Crippen LogP contribution in [-0.2, 0) is 16.1 Å². The van der Waals surface area contributed by atoms with Gasteiger partial charge in [0.05, 0.1) is 4.88 Å². The number of ketones is 1. The highest BCUT2D eigenvalue weighted by Crippen LogP contribution is 2.25. The third-order valence-electron chi connectivity index (χ3n) is 4.50. The third kappa shape index (κ3) is 5.70. The quantitative estimate of drug-likeness (QED) is 0.441. The summed E-state index contributed by atoms with van der Waals surface area (Å²) in [6.45, 7) is 6.74. The van der Waals surface area contributed by atoms with Crippen LogP contribution in [0.3, 0.4) is 0 Å². The molecule has 31 heavy (non-hydrogen) atoms. The molecule has 1 aromatic heterocycles. The number of phenols is 1. The van der Waals surface area contributed by atoms with E-state index in [0.29, 0.717) is 15.8 Å². The van der Waals surface area contributed by atoms with E-state index < -0.39 is 11.6 Å². The van der Waals surface area contributed by atoms with Crippen LogP contribution in [0.2, 0.25) is 0 Å². The molecule has 3 rings (SSSR count). The lowest BCUT2D eigenvalue weighted by atomic mass is 10.0. The molecule has 162 valence electrons. The van der Waals surface area contributed by atoms with Gasteiger partial charge in [0, 0.05) is 12.1 Å². The van der Waals surface area contributed by atoms with E-state index in [1.54, 1.807) is 51.1 Å². The van der Waals surface area contributed by atoms with Gasteiger partial charge in [-0.15, -0.1) is 11.3 Å². The summed E-state index contributed by atoms with van der Waals surface area (Å²) in [6, 6.07) is 11.8. The Morgan fingerprint density at radius 2 is 1.84 bits per heavy atom. The second kappa shape index (κ2) is 8.89. The number of rotatable bonds is 6. The van der Waals surface area contributed by atoms with Crippen LogP contribution in [0.15, 0.2) is 47.8 Å². The lowest BCUT2D eigenvalue weighted by Crippen LogP contribution is -2.38. The predicted molar refractivity (Wildman–Crippen MR) is 121 cm³/mol. The van der Waals surface area contributed by atoms with Crippen LogP contribution in [0, 0.1) is 0 Å². The number of Topliss-reactive ketones (excluding diaryl/α,β-unsaturated/α-hetero) is 1. The summed E-state index contributed by atoms with van der Waals surface area (Å²) in [5, 5.41) is 13.0. The van der Waals surface area contributed by atoms with Crippen LogP contribution < -0.4 is 0 Å². The molecule has 0 atom stereocenters. The molecule has 1 amide bonds. The fourth-order valence-electron chi connectivity index (χ4n) is 3.22. The second-order valence-electron chi connectivity index (χ2n) is 8.33. The van der Waals surface area contributed by atoms with Crippen molar-refractivity contribution in [2.45, 2.75) is 39.8 Å². The molecule has 0 aliphatic rings. The lowest BCUT2D eigenvalue weighted by molar-refractivity contribution is -0.155. The van der Waals surface area contributed by atoms with Gasteiger partial charge in [0.25, 0.3) is 5.91 Å². The monoisotopic (exact) mass is 439 g/mol. The Bertz CT molecular complexity index is 1140. The van der Waals surface area contributed by atoms with Crippen molar-refractivity contribution in [3.05, 3.63) is 63.8 Å². The lowest BCUT2D eigenvalue weighted by Gasteiger charge is -2.25. The number of thiophene rings is 1. The van der Waals surface area contributed by atoms with E-state index in [1.807, 2.05) is 11.4 Å². The molecule has 0 unspecified atom stereocenters. The number of hydrogen-bond acceptors (Lipinski definition) is 6. The molecule has 0 saturated heterocycles. The topological polar surface area (TPSA) is 83.9 Å². The van der Waals surface area contributed by atoms with Crippen molar-refractivity contribution in [1.82, 2.24) is 4.90 Å². The van der Waals surface area contributed by atoms with Crippen molar-refractivity contribution >= 4 is 39.8 Å². The van der Waals surface area contributed by atoms with Crippen molar-refractivity contribution in [2.75, 3.05) is 6.54 Å². The first kappa shape index (κ1) is 22.5. The minimum Gasteiger partial charge on any atom is -0.508 e. The Balaban J connectivity index is 1.95. The van der Waals surface area contributed by atoms with Crippen LogP contribution >= 0.6 is 11.3 Å². The van der Waals surface area contributed by atoms with Gasteiger partial charge in [-0.1, -0.05) is 12.1 Å². The van der Waals surface area contributed by atoms with Gasteiger partial charge >= 0.3 is 5.97 Å². The van der Waals surface area contributed by atoms with E-state index in [2.05, 4.69) is 0 Å². The van der Waals surface area contributed by atoms with Crippen molar-refractivity contribution in [3.8, 4) is 5.75 Å². The van der Waals surface area contributed by atoms with Gasteiger partial charge in [0.2, 0.25) is 0 Å². The molecule has 0 spiro atoms. The van der Waals surface area contributed by atoms with Crippen molar-refractivity contribution in [1.29, 1.82) is 0 Å². The molecule has 3 aromatic rings. The summed E-state index contributed by atoms with van der Waals surface area (Å²) in [5.41, 5.74) is 0.514. The van der Waals surface area contributed by atoms with Crippen molar-refractivity contribution < 1.29 is 24.2 Å². The molecule has 1 N–H and O–H groups in total. The highest BCUT2D eigenvalue weighted by atomic mass is 32.1. The number of aromatic hydroxyl groups is 1. The summed E-state index contributed by atoms with van der Waals surface area (Å²) < 4.78 is 5.42. The number of phenolic OH excluding ortho intramolecular Hbond substituents is 1. The number of hydrogen-bond donors (Lipinski definition) is 1. The number of fused-ring (bicyclic) bond motifs is 1. The molecular formula is C24H25NO5S. The van der Waals surface area contributed by atoms with Gasteiger partial charge in [0.1, 0.15) is 17.9 Å². The summed E-state index contributed by atoms with van der Waals surface area (Å²) >= 11 is 1.31. The van der Waals surface area contributed by atoms with Gasteiger partial charge in [0.15, 0.2) is 5.78 Å². The number of esters is 1. The maximum absolute atomic E-state index is 13.5. The average molecular weight is 440 g/mol. The molecule has 0 saturated carbocycles. The molecule has 0 aliphatic heterocycles. The maximum Gasteiger partial charge on any atom is 0.326 e. The number of carbonyl (C=O) groups excluding carboxylic acids is 3. The molecule has 0 aliphatic carbocycles. The van der Waals surface area contributed by atoms with Crippen LogP contribution in [-0.4, -0.2) is 39.8 Å². The smallest absolute Gasteiger partial charge is 0.326 e. The van der Waals surface area contributed by atoms with Crippen LogP contribution in [0.5, 0.6) is 5.75 Å². The standard InChI is InChI=1S/C24H25NO5S/c1-15(26)21-10-16(14-31-21)12-25(13-22(28)30-24(2,3)4)23(29)20-7-5-6-17-11-18(27)8-9-19(17)20/h5-11,14,27H,12-13H2,1-4H3. The minimum atomic E-state index is -0.674. The van der Waals surface area contributed by atoms with Crippen LogP contribution in [0.4, 0.5) is 0 Å². The number of nitrogens with zero attached hydrogens (tertiary/aromatic N) is 1. The molecular weight excluding hydrogens is 414 g/mol. The van der Waals surface area contributed by atoms with Crippen LogP contribution in [0.25, 0.3) is 10.8 Å². The first-order valence-electron chi connectivity index (χ1n) is 9.85. The van der Waals surface area contributed by atoms with Gasteiger partial charge < -0.3 is 14.7 Å². The van der Waals surface area contributed by atoms with Crippen molar-refractivity contribution in [2.24, 2.45) is 0 Å². The number of benzene rings is 2. The van der Waals surface area contributed by atoms with E-state index >= 15 is 0 Å². The Kier molecular flexibility index (Phi) is 6.45. The zero-order valence-electron chi connectivity index (χ0n) is 18.0. The van der Waals surface area contributed by atoms with Gasteiger partial charge in [-0.05, 0) is 79.7 Å². The van der Waals surface area contributed by atoms with Gasteiger partial charge in [-0.25, -0.2) is 0 Å². The zero-order valence-corrected chi connectivity index (χ0v) is 18.8. The maximum atomic E-state index is 13.5. The number of carbonyl (C=O) groups is 3. The SMILES string of the molecule is CC(=O)c1cc(CN(CC(=O)OC(C)(C)C)C(=O)c2cccc3cc(O)ccc23)cs1. The van der Waals surface area contributed by atoms with Crippen molar-refractivity contribution in [3.63, 3.8) is 0 Å². The fraction of sp³-hybridized carbons (Fsp3) is 0.292. The minimum absolute atomic E-state index is 0.0462. The number of amides is 1. The first-order chi connectivity index (χ1) is 14.5. The van der Waals surface area contributed by atoms with Crippen LogP contribution in [0.1, 0.15) is 53.3 Å². The van der Waals surface area contributed by atoms with E-state index in [1.165, 1.54) is 29.2 Å². The molecule has 0 bridgehead atoms. The normalized spacial score (nSPS) is 11.4. The Morgan fingerprint density at radius 3 is 2.48 bits per heavy atom. The summed E-state index contributed by atoms with van der Waals surface area (Å²) in [7, 11) is 0. The molecule has 7 heteroatoms. The predicted octanol–water partition coefficient (Wildman–Crippen LogP) is 4.79. The van der Waals surface area contributed by atoms with E-state index in [-0.39, 0.29) is 30.5 Å². The van der Waals surface area contributed by atoms with E-state index in [9.17, 15) is 19.5 Å². The average Bonchev–Trinajstić information content (AvgIpc) is 3.13. The van der Waals surface area contributed by atoms with E-state index in [0.717, 1.165) is 10.9 Å². The zero-order chi connectivity index (χ0) is 22.8. The third-order valence-corrected chi connectivity index (χ3v) is 5.58. The molecule has 0 fully saturated rings. The fourth-order valence-corrected chi connectivity index (χ4v) is 4.03. The highest BCUT2D eigenvalue weighted by Gasteiger charge is 2.25.